The second-order valence-corrected chi connectivity index (χ2v) is 7.13. The first-order chi connectivity index (χ1) is 12.4. The van der Waals surface area contributed by atoms with Gasteiger partial charge in [0.25, 0.3) is 5.91 Å². The number of amides is 1. The van der Waals surface area contributed by atoms with Gasteiger partial charge in [-0.25, -0.2) is 0 Å². The number of nitrogens with zero attached hydrogens (tertiary/aromatic N) is 2. The summed E-state index contributed by atoms with van der Waals surface area (Å²) in [5, 5.41) is 4.54. The third kappa shape index (κ3) is 3.45. The fourth-order valence-electron chi connectivity index (χ4n) is 3.05. The predicted octanol–water partition coefficient (Wildman–Crippen LogP) is 4.14. The average Bonchev–Trinajstić information content (AvgIpc) is 2.62. The average molecular weight is 386 g/mol. The Labute approximate surface area is 164 Å². The first-order valence-corrected chi connectivity index (χ1v) is 9.02. The van der Waals surface area contributed by atoms with Gasteiger partial charge in [0, 0.05) is 30.5 Å². The molecule has 26 heavy (non-hydrogen) atoms. The van der Waals surface area contributed by atoms with Crippen molar-refractivity contribution in [2.45, 2.75) is 13.0 Å². The molecule has 2 aromatic carbocycles. The van der Waals surface area contributed by atoms with Crippen molar-refractivity contribution < 1.29 is 4.79 Å². The normalized spacial score (nSPS) is 17.2. The van der Waals surface area contributed by atoms with E-state index in [-0.39, 0.29) is 11.9 Å². The third-order valence-corrected chi connectivity index (χ3v) is 4.89. The number of para-hydroxylation sites is 1. The summed E-state index contributed by atoms with van der Waals surface area (Å²) in [7, 11) is 3.50. The van der Waals surface area contributed by atoms with Crippen molar-refractivity contribution in [3.05, 3.63) is 76.5 Å². The van der Waals surface area contributed by atoms with Gasteiger partial charge in [-0.3, -0.25) is 9.69 Å². The van der Waals surface area contributed by atoms with E-state index < -0.39 is 0 Å². The summed E-state index contributed by atoms with van der Waals surface area (Å²) >= 11 is 11.6. The molecule has 0 bridgehead atoms. The van der Waals surface area contributed by atoms with Crippen LogP contribution in [0.4, 0.5) is 5.69 Å². The zero-order valence-electron chi connectivity index (χ0n) is 14.9. The smallest absolute Gasteiger partial charge is 0.253 e. The van der Waals surface area contributed by atoms with E-state index in [1.54, 1.807) is 19.0 Å². The van der Waals surface area contributed by atoms with Crippen molar-refractivity contribution >= 4 is 40.5 Å². The monoisotopic (exact) mass is 385 g/mol. The van der Waals surface area contributed by atoms with Crippen molar-refractivity contribution in [2.24, 2.45) is 0 Å². The summed E-state index contributed by atoms with van der Waals surface area (Å²) in [6.07, 6.45) is 0. The molecule has 0 saturated carbocycles. The summed E-state index contributed by atoms with van der Waals surface area (Å²) in [5.74, 6) is -0.0571. The maximum atomic E-state index is 13.0. The largest absolute Gasteiger partial charge is 0.351 e. The topological polar surface area (TPSA) is 35.6 Å². The van der Waals surface area contributed by atoms with Gasteiger partial charge in [0.15, 0.2) is 5.11 Å². The van der Waals surface area contributed by atoms with Crippen molar-refractivity contribution in [1.29, 1.82) is 0 Å². The quantitative estimate of drug-likeness (QED) is 0.805. The van der Waals surface area contributed by atoms with Gasteiger partial charge < -0.3 is 10.2 Å². The van der Waals surface area contributed by atoms with Gasteiger partial charge in [0.05, 0.1) is 11.6 Å². The van der Waals surface area contributed by atoms with E-state index in [2.05, 4.69) is 5.32 Å². The van der Waals surface area contributed by atoms with E-state index in [0.29, 0.717) is 15.7 Å². The fraction of sp³-hybridized carbons (Fsp3) is 0.200. The van der Waals surface area contributed by atoms with E-state index in [0.717, 1.165) is 16.9 Å². The highest BCUT2D eigenvalue weighted by atomic mass is 35.5. The number of halogens is 1. The molecule has 1 aliphatic heterocycles. The Morgan fingerprint density at radius 3 is 2.31 bits per heavy atom. The zero-order chi connectivity index (χ0) is 18.8. The van der Waals surface area contributed by atoms with Crippen molar-refractivity contribution in [3.63, 3.8) is 0 Å². The molecule has 1 heterocycles. The van der Waals surface area contributed by atoms with E-state index in [1.807, 2.05) is 66.4 Å². The van der Waals surface area contributed by atoms with Crippen LogP contribution in [0.5, 0.6) is 0 Å². The zero-order valence-corrected chi connectivity index (χ0v) is 16.4. The number of benzene rings is 2. The number of carbonyl (C=O) groups excluding carboxylic acids is 1. The summed E-state index contributed by atoms with van der Waals surface area (Å²) in [5.41, 5.74) is 3.34. The fourth-order valence-corrected chi connectivity index (χ4v) is 3.54. The second kappa shape index (κ2) is 7.48. The lowest BCUT2D eigenvalue weighted by Gasteiger charge is -2.38. The van der Waals surface area contributed by atoms with Gasteiger partial charge in [-0.15, -0.1) is 0 Å². The molecule has 1 N–H and O–H groups in total. The van der Waals surface area contributed by atoms with Gasteiger partial charge in [0.2, 0.25) is 0 Å². The van der Waals surface area contributed by atoms with Crippen LogP contribution >= 0.6 is 23.8 Å². The molecule has 134 valence electrons. The SMILES string of the molecule is CC1=C(C(=O)N(C)C)C(c2ccc(Cl)cc2)NC(=S)N1c1ccccc1. The van der Waals surface area contributed by atoms with E-state index in [1.165, 1.54) is 0 Å². The Hall–Kier alpha value is -2.37. The highest BCUT2D eigenvalue weighted by Gasteiger charge is 2.35. The molecule has 1 amide bonds. The molecular weight excluding hydrogens is 366 g/mol. The van der Waals surface area contributed by atoms with Crippen molar-refractivity contribution in [3.8, 4) is 0 Å². The first kappa shape index (κ1) is 18.4. The molecule has 1 aliphatic rings. The molecule has 6 heteroatoms. The van der Waals surface area contributed by atoms with Gasteiger partial charge >= 0.3 is 0 Å². The Bertz CT molecular complexity index is 862. The molecule has 0 aromatic heterocycles. The number of nitrogens with one attached hydrogen (secondary N) is 1. The molecule has 1 atom stereocenters. The molecule has 0 radical (unpaired) electrons. The highest BCUT2D eigenvalue weighted by molar-refractivity contribution is 7.80. The molecule has 0 saturated heterocycles. The van der Waals surface area contributed by atoms with Gasteiger partial charge in [-0.05, 0) is 49.0 Å². The van der Waals surface area contributed by atoms with E-state index in [4.69, 9.17) is 23.8 Å². The van der Waals surface area contributed by atoms with Crippen LogP contribution in [0.25, 0.3) is 0 Å². The molecule has 1 unspecified atom stereocenters. The van der Waals surface area contributed by atoms with Crippen LogP contribution in [0.15, 0.2) is 65.9 Å². The van der Waals surface area contributed by atoms with Crippen molar-refractivity contribution in [1.82, 2.24) is 10.2 Å². The molecule has 4 nitrogen and oxygen atoms in total. The van der Waals surface area contributed by atoms with Crippen LogP contribution in [0.2, 0.25) is 5.02 Å². The van der Waals surface area contributed by atoms with Crippen LogP contribution in [-0.4, -0.2) is 30.0 Å². The molecular formula is C20H20ClN3OS. The predicted molar refractivity (Wildman–Crippen MR) is 110 cm³/mol. The lowest BCUT2D eigenvalue weighted by atomic mass is 9.94. The van der Waals surface area contributed by atoms with Crippen LogP contribution in [0.1, 0.15) is 18.5 Å². The maximum Gasteiger partial charge on any atom is 0.253 e. The number of hydrogen-bond donors (Lipinski definition) is 1. The molecule has 2 aromatic rings. The van der Waals surface area contributed by atoms with Gasteiger partial charge in [-0.2, -0.15) is 0 Å². The number of rotatable bonds is 3. The number of hydrogen-bond acceptors (Lipinski definition) is 2. The lowest BCUT2D eigenvalue weighted by molar-refractivity contribution is -0.125. The number of carbonyl (C=O) groups is 1. The second-order valence-electron chi connectivity index (χ2n) is 6.30. The minimum Gasteiger partial charge on any atom is -0.351 e. The third-order valence-electron chi connectivity index (χ3n) is 4.34. The van der Waals surface area contributed by atoms with Crippen molar-refractivity contribution in [2.75, 3.05) is 19.0 Å². The van der Waals surface area contributed by atoms with Crippen LogP contribution < -0.4 is 10.2 Å². The number of likely N-dealkylation sites (N-methyl/N-ethyl adjacent to an activating group) is 1. The molecule has 0 aliphatic carbocycles. The molecule has 0 spiro atoms. The van der Waals surface area contributed by atoms with Gasteiger partial charge in [-0.1, -0.05) is 41.9 Å². The Morgan fingerprint density at radius 2 is 1.73 bits per heavy atom. The molecule has 3 rings (SSSR count). The summed E-state index contributed by atoms with van der Waals surface area (Å²) in [4.78, 5) is 16.5. The minimum atomic E-state index is -0.324. The Balaban J connectivity index is 2.15. The number of thiocarbonyl (C=S) groups is 1. The summed E-state index contributed by atoms with van der Waals surface area (Å²) < 4.78 is 0. The standard InChI is InChI=1S/C20H20ClN3OS/c1-13-17(19(25)23(2)3)18(14-9-11-15(21)12-10-14)22-20(26)24(13)16-7-5-4-6-8-16/h4-12,18H,1-3H3,(H,22,26). The minimum absolute atomic E-state index is 0.0571. The first-order valence-electron chi connectivity index (χ1n) is 8.23. The maximum absolute atomic E-state index is 13.0. The van der Waals surface area contributed by atoms with Crippen LogP contribution in [-0.2, 0) is 4.79 Å². The van der Waals surface area contributed by atoms with Crippen LogP contribution in [0, 0.1) is 0 Å². The van der Waals surface area contributed by atoms with Crippen LogP contribution in [0.3, 0.4) is 0 Å². The Morgan fingerprint density at radius 1 is 1.12 bits per heavy atom. The van der Waals surface area contributed by atoms with E-state index >= 15 is 0 Å². The highest BCUT2D eigenvalue weighted by Crippen LogP contribution is 2.34. The summed E-state index contributed by atoms with van der Waals surface area (Å²) in [6, 6.07) is 16.9. The van der Waals surface area contributed by atoms with E-state index in [9.17, 15) is 4.79 Å². The molecule has 0 fully saturated rings. The lowest BCUT2D eigenvalue weighted by Crippen LogP contribution is -2.49. The number of allylic oxidation sites excluding steroid dienone is 1. The van der Waals surface area contributed by atoms with Gasteiger partial charge in [0.1, 0.15) is 0 Å². The number of anilines is 1. The summed E-state index contributed by atoms with van der Waals surface area (Å²) in [6.45, 7) is 1.93. The Kier molecular flexibility index (Phi) is 5.30.